The lowest BCUT2D eigenvalue weighted by molar-refractivity contribution is 0.0655. The van der Waals surface area contributed by atoms with Crippen molar-refractivity contribution in [3.05, 3.63) is 20.8 Å². The summed E-state index contributed by atoms with van der Waals surface area (Å²) < 4.78 is 5.77. The van der Waals surface area contributed by atoms with Crippen molar-refractivity contribution < 1.29 is 9.53 Å². The number of ether oxygens (including phenoxy) is 1. The molecule has 0 saturated carbocycles. The lowest BCUT2D eigenvalue weighted by Gasteiger charge is -2.06. The first-order chi connectivity index (χ1) is 5.66. The Morgan fingerprint density at radius 2 is 2.33 bits per heavy atom. The minimum atomic E-state index is -0.365. The second kappa shape index (κ2) is 4.16. The number of hydrogen-bond donors (Lipinski definition) is 0. The summed E-state index contributed by atoms with van der Waals surface area (Å²) in [7, 11) is 1.53. The Morgan fingerprint density at radius 3 is 2.75 bits per heavy atom. The minimum absolute atomic E-state index is 0.0191. The molecule has 12 heavy (non-hydrogen) atoms. The number of methoxy groups -OCH3 is 1. The van der Waals surface area contributed by atoms with Gasteiger partial charge >= 0.3 is 0 Å². The monoisotopic (exact) mass is 248 g/mol. The molecule has 1 atom stereocenters. The fraction of sp³-hybridized carbons (Fsp3) is 0.375. The number of rotatable bonds is 3. The van der Waals surface area contributed by atoms with E-state index in [9.17, 15) is 4.79 Å². The van der Waals surface area contributed by atoms with Crippen LogP contribution in [0.1, 0.15) is 17.3 Å². The predicted octanol–water partition coefficient (Wildman–Crippen LogP) is 2.73. The van der Waals surface area contributed by atoms with Crippen LogP contribution in [0.3, 0.4) is 0 Å². The van der Waals surface area contributed by atoms with Gasteiger partial charge in [-0.15, -0.1) is 0 Å². The van der Waals surface area contributed by atoms with Gasteiger partial charge in [-0.3, -0.25) is 4.79 Å². The van der Waals surface area contributed by atoms with Crippen molar-refractivity contribution in [2.45, 2.75) is 13.0 Å². The molecule has 66 valence electrons. The molecule has 1 heterocycles. The second-order valence-corrected chi connectivity index (χ2v) is 3.97. The molecule has 0 fully saturated rings. The lowest BCUT2D eigenvalue weighted by atomic mass is 10.1. The molecule has 1 rings (SSSR count). The van der Waals surface area contributed by atoms with Gasteiger partial charge in [-0.25, -0.2) is 0 Å². The maximum atomic E-state index is 11.5. The van der Waals surface area contributed by atoms with Crippen LogP contribution in [-0.2, 0) is 4.74 Å². The van der Waals surface area contributed by atoms with Gasteiger partial charge in [0.1, 0.15) is 6.10 Å². The summed E-state index contributed by atoms with van der Waals surface area (Å²) in [6, 6.07) is 0. The van der Waals surface area contributed by atoms with Gasteiger partial charge in [0.25, 0.3) is 0 Å². The molecule has 0 aromatic carbocycles. The van der Waals surface area contributed by atoms with Crippen LogP contribution < -0.4 is 0 Å². The number of hydrogen-bond acceptors (Lipinski definition) is 3. The van der Waals surface area contributed by atoms with Crippen LogP contribution in [0.5, 0.6) is 0 Å². The molecule has 0 saturated heterocycles. The van der Waals surface area contributed by atoms with E-state index in [-0.39, 0.29) is 11.9 Å². The topological polar surface area (TPSA) is 26.3 Å². The first-order valence-corrected chi connectivity index (χ1v) is 5.19. The summed E-state index contributed by atoms with van der Waals surface area (Å²) in [6.07, 6.45) is -0.365. The molecular weight excluding hydrogens is 240 g/mol. The largest absolute Gasteiger partial charge is 0.374 e. The molecule has 0 aliphatic carbocycles. The summed E-state index contributed by atoms with van der Waals surface area (Å²) >= 11 is 4.80. The van der Waals surface area contributed by atoms with Crippen LogP contribution in [0.15, 0.2) is 15.2 Å². The van der Waals surface area contributed by atoms with E-state index >= 15 is 0 Å². The average molecular weight is 249 g/mol. The Kier molecular flexibility index (Phi) is 3.43. The Balaban J connectivity index is 2.85. The molecule has 0 radical (unpaired) electrons. The lowest BCUT2D eigenvalue weighted by Crippen LogP contribution is -2.18. The number of Topliss-reactive ketones (excluding diaryl/α,β-unsaturated/α-hetero) is 1. The number of halogens is 1. The molecule has 0 bridgehead atoms. The SMILES string of the molecule is COC(C)C(=O)c1cscc1Br. The highest BCUT2D eigenvalue weighted by molar-refractivity contribution is 9.10. The van der Waals surface area contributed by atoms with Crippen molar-refractivity contribution in [2.24, 2.45) is 0 Å². The summed E-state index contributed by atoms with van der Waals surface area (Å²) in [4.78, 5) is 11.5. The van der Waals surface area contributed by atoms with Crippen LogP contribution in [-0.4, -0.2) is 19.0 Å². The van der Waals surface area contributed by atoms with Crippen molar-refractivity contribution in [3.8, 4) is 0 Å². The number of carbonyl (C=O) groups is 1. The molecule has 4 heteroatoms. The molecule has 1 aromatic rings. The highest BCUT2D eigenvalue weighted by Gasteiger charge is 2.17. The van der Waals surface area contributed by atoms with Crippen molar-refractivity contribution in [3.63, 3.8) is 0 Å². The molecule has 0 spiro atoms. The van der Waals surface area contributed by atoms with Gasteiger partial charge in [-0.05, 0) is 22.9 Å². The van der Waals surface area contributed by atoms with E-state index in [0.29, 0.717) is 5.56 Å². The van der Waals surface area contributed by atoms with E-state index in [1.54, 1.807) is 6.92 Å². The summed E-state index contributed by atoms with van der Waals surface area (Å²) in [5, 5.41) is 3.71. The quantitative estimate of drug-likeness (QED) is 0.770. The number of thiophene rings is 1. The third kappa shape index (κ3) is 1.94. The molecular formula is C8H9BrO2S. The molecule has 2 nitrogen and oxygen atoms in total. The maximum absolute atomic E-state index is 11.5. The Hall–Kier alpha value is -0.190. The van der Waals surface area contributed by atoms with Crippen LogP contribution in [0.2, 0.25) is 0 Å². The third-order valence-corrected chi connectivity index (χ3v) is 3.31. The van der Waals surface area contributed by atoms with Gasteiger partial charge < -0.3 is 4.74 Å². The van der Waals surface area contributed by atoms with Gasteiger partial charge in [0.15, 0.2) is 5.78 Å². The van der Waals surface area contributed by atoms with Gasteiger partial charge in [-0.1, -0.05) is 0 Å². The molecule has 0 amide bonds. The smallest absolute Gasteiger partial charge is 0.193 e. The van der Waals surface area contributed by atoms with Crippen LogP contribution in [0.4, 0.5) is 0 Å². The predicted molar refractivity (Wildman–Crippen MR) is 52.8 cm³/mol. The van der Waals surface area contributed by atoms with E-state index in [0.717, 1.165) is 4.47 Å². The Labute approximate surface area is 83.7 Å². The molecule has 0 aliphatic rings. The number of ketones is 1. The summed E-state index contributed by atoms with van der Waals surface area (Å²) in [6.45, 7) is 1.74. The second-order valence-electron chi connectivity index (χ2n) is 2.38. The standard InChI is InChI=1S/C8H9BrO2S/c1-5(11-2)8(10)6-3-12-4-7(6)9/h3-5H,1-2H3. The van der Waals surface area contributed by atoms with Gasteiger partial charge in [0.2, 0.25) is 0 Å². The normalized spacial score (nSPS) is 12.9. The van der Waals surface area contributed by atoms with E-state index in [4.69, 9.17) is 4.74 Å². The van der Waals surface area contributed by atoms with Gasteiger partial charge in [0, 0.05) is 27.9 Å². The van der Waals surface area contributed by atoms with Crippen LogP contribution in [0, 0.1) is 0 Å². The summed E-state index contributed by atoms with van der Waals surface area (Å²) in [5.41, 5.74) is 0.703. The van der Waals surface area contributed by atoms with Gasteiger partial charge in [0.05, 0.1) is 0 Å². The molecule has 0 aliphatic heterocycles. The maximum Gasteiger partial charge on any atom is 0.193 e. The highest BCUT2D eigenvalue weighted by Crippen LogP contribution is 2.22. The first-order valence-electron chi connectivity index (χ1n) is 3.45. The van der Waals surface area contributed by atoms with Crippen molar-refractivity contribution in [1.82, 2.24) is 0 Å². The highest BCUT2D eigenvalue weighted by atomic mass is 79.9. The molecule has 0 N–H and O–H groups in total. The fourth-order valence-corrected chi connectivity index (χ4v) is 2.26. The third-order valence-electron chi connectivity index (χ3n) is 1.60. The van der Waals surface area contributed by atoms with Crippen molar-refractivity contribution >= 4 is 33.0 Å². The van der Waals surface area contributed by atoms with Crippen molar-refractivity contribution in [2.75, 3.05) is 7.11 Å². The number of carbonyl (C=O) groups excluding carboxylic acids is 1. The van der Waals surface area contributed by atoms with Gasteiger partial charge in [-0.2, -0.15) is 11.3 Å². The molecule has 1 aromatic heterocycles. The minimum Gasteiger partial charge on any atom is -0.374 e. The zero-order valence-electron chi connectivity index (χ0n) is 6.83. The Morgan fingerprint density at radius 1 is 1.67 bits per heavy atom. The van der Waals surface area contributed by atoms with Crippen LogP contribution in [0.25, 0.3) is 0 Å². The molecule has 1 unspecified atom stereocenters. The van der Waals surface area contributed by atoms with E-state index in [2.05, 4.69) is 15.9 Å². The van der Waals surface area contributed by atoms with Crippen LogP contribution >= 0.6 is 27.3 Å². The zero-order valence-corrected chi connectivity index (χ0v) is 9.24. The van der Waals surface area contributed by atoms with E-state index in [1.165, 1.54) is 18.4 Å². The summed E-state index contributed by atoms with van der Waals surface area (Å²) in [5.74, 6) is 0.0191. The van der Waals surface area contributed by atoms with Crippen molar-refractivity contribution in [1.29, 1.82) is 0 Å². The fourth-order valence-electron chi connectivity index (χ4n) is 0.783. The first kappa shape index (κ1) is 9.89. The zero-order chi connectivity index (χ0) is 9.14. The Bertz CT molecular complexity index is 282. The average Bonchev–Trinajstić information content (AvgIpc) is 2.48. The van der Waals surface area contributed by atoms with E-state index < -0.39 is 0 Å². The van der Waals surface area contributed by atoms with E-state index in [1.807, 2.05) is 10.8 Å².